The molecule has 0 bridgehead atoms. The van der Waals surface area contributed by atoms with Crippen molar-refractivity contribution in [3.05, 3.63) is 0 Å². The average Bonchev–Trinajstić information content (AvgIpc) is 2.39. The molecule has 4 heteroatoms. The number of hydrogen-bond donors (Lipinski definition) is 0. The molecule has 0 saturated heterocycles. The second-order valence-corrected chi connectivity index (χ2v) is 9.81. The average molecular weight is 327 g/mol. The minimum atomic E-state index is 1.33. The fourth-order valence-corrected chi connectivity index (χ4v) is 6.07. The predicted molar refractivity (Wildman–Crippen MR) is 98.1 cm³/mol. The van der Waals surface area contributed by atoms with Gasteiger partial charge in [0.05, 0.1) is 0 Å². The van der Waals surface area contributed by atoms with Crippen LogP contribution in [0.5, 0.6) is 0 Å². The van der Waals surface area contributed by atoms with Gasteiger partial charge in [-0.3, -0.25) is 0 Å². The minimum absolute atomic E-state index is 1.33. The van der Waals surface area contributed by atoms with Crippen LogP contribution in [0, 0.1) is 0 Å². The van der Waals surface area contributed by atoms with Crippen LogP contribution in [0.4, 0.5) is 0 Å². The van der Waals surface area contributed by atoms with Gasteiger partial charge >= 0.3 is 0 Å². The topological polar surface area (TPSA) is 0 Å². The Labute approximate surface area is 131 Å². The van der Waals surface area contributed by atoms with Crippen LogP contribution in [0.3, 0.4) is 0 Å². The minimum Gasteiger partial charge on any atom is -0.0942 e. The van der Waals surface area contributed by atoms with Gasteiger partial charge in [0.25, 0.3) is 0 Å². The van der Waals surface area contributed by atoms with E-state index in [0.29, 0.717) is 0 Å². The van der Waals surface area contributed by atoms with E-state index in [2.05, 4.69) is 57.0 Å². The van der Waals surface area contributed by atoms with E-state index in [1.54, 1.807) is 0 Å². The van der Waals surface area contributed by atoms with Gasteiger partial charge in [-0.25, -0.2) is 0 Å². The molecule has 0 atom stereocenters. The van der Waals surface area contributed by atoms with Crippen molar-refractivity contribution in [3.8, 4) is 0 Å². The standard InChI is InChI=1S/C14H30S4/c1-3-5-11-15-17-13-9-7-8-10-14-18-16-12-6-4-2/h3-14H2,1-2H3. The SMILES string of the molecule is CCCCSSCCCCCCSSCCCC. The van der Waals surface area contributed by atoms with Crippen LogP contribution >= 0.6 is 43.2 Å². The Balaban J connectivity index is 2.86. The van der Waals surface area contributed by atoms with Crippen LogP contribution in [0.15, 0.2) is 0 Å². The monoisotopic (exact) mass is 326 g/mol. The smallest absolute Gasteiger partial charge is 0.00369 e. The lowest BCUT2D eigenvalue weighted by Crippen LogP contribution is -1.83. The molecular weight excluding hydrogens is 296 g/mol. The molecule has 0 rings (SSSR count). The van der Waals surface area contributed by atoms with Crippen molar-refractivity contribution < 1.29 is 0 Å². The van der Waals surface area contributed by atoms with Gasteiger partial charge in [-0.15, -0.1) is 0 Å². The Kier molecular flexibility index (Phi) is 19.8. The third kappa shape index (κ3) is 17.4. The molecule has 0 aliphatic heterocycles. The van der Waals surface area contributed by atoms with Crippen molar-refractivity contribution in [1.82, 2.24) is 0 Å². The van der Waals surface area contributed by atoms with Crippen LogP contribution in [-0.2, 0) is 0 Å². The van der Waals surface area contributed by atoms with E-state index < -0.39 is 0 Å². The first-order chi connectivity index (χ1) is 8.91. The van der Waals surface area contributed by atoms with E-state index in [1.165, 1.54) is 74.4 Å². The lowest BCUT2D eigenvalue weighted by Gasteiger charge is -2.02. The molecule has 0 aromatic carbocycles. The molecule has 0 aliphatic rings. The van der Waals surface area contributed by atoms with Crippen LogP contribution in [-0.4, -0.2) is 23.0 Å². The van der Waals surface area contributed by atoms with E-state index in [1.807, 2.05) is 0 Å². The summed E-state index contributed by atoms with van der Waals surface area (Å²) in [6.07, 6.45) is 11.1. The summed E-state index contributed by atoms with van der Waals surface area (Å²) in [7, 11) is 8.29. The maximum Gasteiger partial charge on any atom is 0.00369 e. The molecule has 0 aromatic rings. The van der Waals surface area contributed by atoms with Crippen LogP contribution < -0.4 is 0 Å². The van der Waals surface area contributed by atoms with Crippen LogP contribution in [0.2, 0.25) is 0 Å². The highest BCUT2D eigenvalue weighted by molar-refractivity contribution is 8.77. The fraction of sp³-hybridized carbons (Fsp3) is 1.00. The molecule has 0 heterocycles. The van der Waals surface area contributed by atoms with Gasteiger partial charge in [0.1, 0.15) is 0 Å². The third-order valence-electron chi connectivity index (χ3n) is 2.53. The van der Waals surface area contributed by atoms with Gasteiger partial charge in [0.2, 0.25) is 0 Å². The summed E-state index contributed by atoms with van der Waals surface area (Å²) in [6, 6.07) is 0. The van der Waals surface area contributed by atoms with Crippen molar-refractivity contribution in [2.75, 3.05) is 23.0 Å². The number of unbranched alkanes of at least 4 members (excludes halogenated alkanes) is 5. The summed E-state index contributed by atoms with van der Waals surface area (Å²) in [5, 5.41) is 0. The second-order valence-electron chi connectivity index (χ2n) is 4.41. The highest BCUT2D eigenvalue weighted by Crippen LogP contribution is 2.25. The zero-order chi connectivity index (χ0) is 13.3. The molecule has 18 heavy (non-hydrogen) atoms. The van der Waals surface area contributed by atoms with Crippen molar-refractivity contribution in [1.29, 1.82) is 0 Å². The summed E-state index contributed by atoms with van der Waals surface area (Å²) in [5.74, 6) is 5.39. The molecule has 0 unspecified atom stereocenters. The van der Waals surface area contributed by atoms with Gasteiger partial charge in [0, 0.05) is 23.0 Å². The Hall–Kier alpha value is 1.40. The first-order valence-corrected chi connectivity index (χ1v) is 12.4. The van der Waals surface area contributed by atoms with Gasteiger partial charge in [-0.2, -0.15) is 0 Å². The molecule has 0 nitrogen and oxygen atoms in total. The summed E-state index contributed by atoms with van der Waals surface area (Å²) < 4.78 is 0. The first-order valence-electron chi connectivity index (χ1n) is 7.40. The number of rotatable bonds is 15. The lowest BCUT2D eigenvalue weighted by molar-refractivity contribution is 0.712. The molecule has 0 aromatic heterocycles. The quantitative estimate of drug-likeness (QED) is 0.237. The molecular formula is C14H30S4. The lowest BCUT2D eigenvalue weighted by atomic mass is 10.2. The third-order valence-corrected chi connectivity index (χ3v) is 7.69. The summed E-state index contributed by atoms with van der Waals surface area (Å²) in [4.78, 5) is 0. The largest absolute Gasteiger partial charge is 0.0942 e. The van der Waals surface area contributed by atoms with Crippen molar-refractivity contribution >= 4 is 43.2 Å². The Morgan fingerprint density at radius 3 is 1.11 bits per heavy atom. The molecule has 0 spiro atoms. The molecule has 110 valence electrons. The molecule has 0 radical (unpaired) electrons. The highest BCUT2D eigenvalue weighted by atomic mass is 33.1. The van der Waals surface area contributed by atoms with E-state index in [4.69, 9.17) is 0 Å². The van der Waals surface area contributed by atoms with Crippen molar-refractivity contribution in [3.63, 3.8) is 0 Å². The fourth-order valence-electron chi connectivity index (χ4n) is 1.32. The molecule has 0 N–H and O–H groups in total. The van der Waals surface area contributed by atoms with Crippen LogP contribution in [0.1, 0.15) is 65.2 Å². The molecule has 0 aliphatic carbocycles. The Bertz CT molecular complexity index is 126. The summed E-state index contributed by atoms with van der Waals surface area (Å²) in [5.41, 5.74) is 0. The molecule has 0 fully saturated rings. The van der Waals surface area contributed by atoms with Gasteiger partial charge in [0.15, 0.2) is 0 Å². The van der Waals surface area contributed by atoms with Crippen LogP contribution in [0.25, 0.3) is 0 Å². The van der Waals surface area contributed by atoms with Crippen molar-refractivity contribution in [2.24, 2.45) is 0 Å². The predicted octanol–water partition coefficient (Wildman–Crippen LogP) is 6.91. The van der Waals surface area contributed by atoms with Gasteiger partial charge in [-0.05, 0) is 25.7 Å². The normalized spacial score (nSPS) is 11.0. The van der Waals surface area contributed by atoms with Gasteiger partial charge < -0.3 is 0 Å². The Morgan fingerprint density at radius 2 is 0.778 bits per heavy atom. The van der Waals surface area contributed by atoms with Crippen molar-refractivity contribution in [2.45, 2.75) is 65.2 Å². The maximum absolute atomic E-state index is 2.27. The van der Waals surface area contributed by atoms with E-state index in [9.17, 15) is 0 Å². The zero-order valence-electron chi connectivity index (χ0n) is 12.1. The van der Waals surface area contributed by atoms with Gasteiger partial charge in [-0.1, -0.05) is 82.7 Å². The Morgan fingerprint density at radius 1 is 0.444 bits per heavy atom. The highest BCUT2D eigenvalue weighted by Gasteiger charge is 1.94. The zero-order valence-corrected chi connectivity index (χ0v) is 15.4. The maximum atomic E-state index is 2.27. The van der Waals surface area contributed by atoms with E-state index >= 15 is 0 Å². The molecule has 0 amide bonds. The summed E-state index contributed by atoms with van der Waals surface area (Å²) >= 11 is 0. The first kappa shape index (κ1) is 19.4. The van der Waals surface area contributed by atoms with E-state index in [0.717, 1.165) is 0 Å². The number of hydrogen-bond acceptors (Lipinski definition) is 4. The van der Waals surface area contributed by atoms with E-state index in [-0.39, 0.29) is 0 Å². The second kappa shape index (κ2) is 18.4. The molecule has 0 saturated carbocycles. The summed E-state index contributed by atoms with van der Waals surface area (Å²) in [6.45, 7) is 4.54.